The number of hydrogen-bond donors (Lipinski definition) is 1. The van der Waals surface area contributed by atoms with Gasteiger partial charge in [0.25, 0.3) is 5.91 Å². The van der Waals surface area contributed by atoms with E-state index in [1.54, 1.807) is 24.3 Å². The molecule has 1 N–H and O–H groups in total. The summed E-state index contributed by atoms with van der Waals surface area (Å²) < 4.78 is 33.6. The van der Waals surface area contributed by atoms with Gasteiger partial charge in [-0.3, -0.25) is 4.79 Å². The minimum Gasteiger partial charge on any atom is -0.495 e. The van der Waals surface area contributed by atoms with Crippen molar-refractivity contribution < 1.29 is 17.9 Å². The van der Waals surface area contributed by atoms with Crippen LogP contribution in [0, 0.1) is 0 Å². The lowest BCUT2D eigenvalue weighted by molar-refractivity contribution is 0.103. The first-order valence-electron chi connectivity index (χ1n) is 8.16. The number of piperidine rings is 1. The number of benzene rings is 1. The van der Waals surface area contributed by atoms with E-state index in [1.165, 1.54) is 28.8 Å². The van der Waals surface area contributed by atoms with Crippen LogP contribution < -0.4 is 10.1 Å². The molecule has 26 heavy (non-hydrogen) atoms. The van der Waals surface area contributed by atoms with Crippen molar-refractivity contribution in [1.82, 2.24) is 4.31 Å². The first kappa shape index (κ1) is 19.3. The van der Waals surface area contributed by atoms with Gasteiger partial charge in [0, 0.05) is 18.8 Å². The Morgan fingerprint density at radius 2 is 1.92 bits per heavy atom. The second-order valence-corrected chi connectivity index (χ2v) is 10.3. The van der Waals surface area contributed by atoms with E-state index in [0.717, 1.165) is 23.0 Å². The van der Waals surface area contributed by atoms with Crippen molar-refractivity contribution in [2.24, 2.45) is 0 Å². The SMILES string of the molecule is COc1ccc(NC(=O)c2ccc(Br)s2)cc1S(=O)(=O)N1CCCCC1. The molecule has 9 heteroatoms. The third-order valence-corrected chi connectivity index (χ3v) is 7.69. The van der Waals surface area contributed by atoms with Gasteiger partial charge in [-0.15, -0.1) is 11.3 Å². The lowest BCUT2D eigenvalue weighted by atomic mass is 10.2. The maximum absolute atomic E-state index is 13.0. The molecular formula is C17H19BrN2O4S2. The number of ether oxygens (including phenoxy) is 1. The van der Waals surface area contributed by atoms with Crippen LogP contribution in [0.1, 0.15) is 28.9 Å². The highest BCUT2D eigenvalue weighted by atomic mass is 79.9. The zero-order valence-electron chi connectivity index (χ0n) is 14.2. The van der Waals surface area contributed by atoms with Crippen molar-refractivity contribution >= 4 is 48.9 Å². The molecule has 0 unspecified atom stereocenters. The summed E-state index contributed by atoms with van der Waals surface area (Å²) in [6, 6.07) is 8.16. The van der Waals surface area contributed by atoms with E-state index < -0.39 is 10.0 Å². The van der Waals surface area contributed by atoms with Crippen LogP contribution in [0.4, 0.5) is 5.69 Å². The molecule has 1 amide bonds. The highest BCUT2D eigenvalue weighted by Crippen LogP contribution is 2.31. The number of anilines is 1. The Balaban J connectivity index is 1.90. The summed E-state index contributed by atoms with van der Waals surface area (Å²) in [6.07, 6.45) is 2.74. The lowest BCUT2D eigenvalue weighted by Crippen LogP contribution is -2.35. The Morgan fingerprint density at radius 3 is 2.54 bits per heavy atom. The number of nitrogens with one attached hydrogen (secondary N) is 1. The molecule has 2 heterocycles. The molecule has 1 aromatic heterocycles. The van der Waals surface area contributed by atoms with Crippen LogP contribution in [-0.4, -0.2) is 38.8 Å². The predicted octanol–water partition coefficient (Wildman–Crippen LogP) is 3.95. The van der Waals surface area contributed by atoms with E-state index in [2.05, 4.69) is 21.2 Å². The van der Waals surface area contributed by atoms with Crippen molar-refractivity contribution in [1.29, 1.82) is 0 Å². The molecule has 0 saturated carbocycles. The molecule has 6 nitrogen and oxygen atoms in total. The first-order chi connectivity index (χ1) is 12.4. The summed E-state index contributed by atoms with van der Waals surface area (Å²) in [6.45, 7) is 1.01. The number of halogens is 1. The summed E-state index contributed by atoms with van der Waals surface area (Å²) >= 11 is 4.63. The lowest BCUT2D eigenvalue weighted by Gasteiger charge is -2.26. The van der Waals surface area contributed by atoms with Gasteiger partial charge in [-0.1, -0.05) is 6.42 Å². The fraction of sp³-hybridized carbons (Fsp3) is 0.353. The molecule has 1 saturated heterocycles. The number of amides is 1. The van der Waals surface area contributed by atoms with E-state index in [0.29, 0.717) is 23.7 Å². The van der Waals surface area contributed by atoms with Crippen LogP contribution in [0.5, 0.6) is 5.75 Å². The number of hydrogen-bond acceptors (Lipinski definition) is 5. The van der Waals surface area contributed by atoms with Gasteiger partial charge >= 0.3 is 0 Å². The molecule has 2 aromatic rings. The topological polar surface area (TPSA) is 75.7 Å². The summed E-state index contributed by atoms with van der Waals surface area (Å²) in [5.74, 6) is -0.0142. The minimum atomic E-state index is -3.67. The highest BCUT2D eigenvalue weighted by Gasteiger charge is 2.29. The molecule has 0 spiro atoms. The van der Waals surface area contributed by atoms with Crippen LogP contribution in [-0.2, 0) is 10.0 Å². The third-order valence-electron chi connectivity index (χ3n) is 4.15. The van der Waals surface area contributed by atoms with E-state index in [4.69, 9.17) is 4.74 Å². The largest absolute Gasteiger partial charge is 0.495 e. The molecular weight excluding hydrogens is 440 g/mol. The number of methoxy groups -OCH3 is 1. The van der Waals surface area contributed by atoms with Crippen LogP contribution in [0.3, 0.4) is 0 Å². The standard InChI is InChI=1S/C17H19BrN2O4S2/c1-24-13-6-5-12(19-17(21)14-7-8-16(18)25-14)11-15(13)26(22,23)20-9-3-2-4-10-20/h5-8,11H,2-4,9-10H2,1H3,(H,19,21). The van der Waals surface area contributed by atoms with E-state index in [1.807, 2.05) is 0 Å². The average Bonchev–Trinajstić information content (AvgIpc) is 3.09. The summed E-state index contributed by atoms with van der Waals surface area (Å²) in [7, 11) is -2.23. The van der Waals surface area contributed by atoms with Crippen molar-refractivity contribution in [2.45, 2.75) is 24.2 Å². The number of thiophene rings is 1. The van der Waals surface area contributed by atoms with E-state index >= 15 is 0 Å². The van der Waals surface area contributed by atoms with Crippen LogP contribution in [0.2, 0.25) is 0 Å². The number of rotatable bonds is 5. The number of carbonyl (C=O) groups excluding carboxylic acids is 1. The summed E-state index contributed by atoms with van der Waals surface area (Å²) in [5.41, 5.74) is 0.413. The van der Waals surface area contributed by atoms with Gasteiger partial charge in [-0.2, -0.15) is 4.31 Å². The van der Waals surface area contributed by atoms with Crippen LogP contribution >= 0.6 is 27.3 Å². The Labute approximate surface area is 165 Å². The van der Waals surface area contributed by atoms with Gasteiger partial charge < -0.3 is 10.1 Å². The molecule has 3 rings (SSSR count). The smallest absolute Gasteiger partial charge is 0.265 e. The van der Waals surface area contributed by atoms with Crippen molar-refractivity contribution in [3.05, 3.63) is 39.0 Å². The molecule has 0 radical (unpaired) electrons. The fourth-order valence-electron chi connectivity index (χ4n) is 2.83. The molecule has 0 aliphatic carbocycles. The van der Waals surface area contributed by atoms with Gasteiger partial charge in [0.2, 0.25) is 10.0 Å². The first-order valence-corrected chi connectivity index (χ1v) is 11.2. The Bertz CT molecular complexity index is 905. The predicted molar refractivity (Wildman–Crippen MR) is 106 cm³/mol. The van der Waals surface area contributed by atoms with Gasteiger partial charge in [0.1, 0.15) is 10.6 Å². The van der Waals surface area contributed by atoms with Gasteiger partial charge in [0.15, 0.2) is 0 Å². The number of nitrogens with zero attached hydrogens (tertiary/aromatic N) is 1. The Hall–Kier alpha value is -1.42. The van der Waals surface area contributed by atoms with Gasteiger partial charge in [-0.25, -0.2) is 8.42 Å². The molecule has 1 aliphatic rings. The normalized spacial score (nSPS) is 15.6. The van der Waals surface area contributed by atoms with E-state index in [9.17, 15) is 13.2 Å². The maximum atomic E-state index is 13.0. The maximum Gasteiger partial charge on any atom is 0.265 e. The minimum absolute atomic E-state index is 0.0760. The molecule has 0 atom stereocenters. The quantitative estimate of drug-likeness (QED) is 0.735. The fourth-order valence-corrected chi connectivity index (χ4v) is 5.81. The Morgan fingerprint density at radius 1 is 1.19 bits per heavy atom. The zero-order chi connectivity index (χ0) is 18.7. The second-order valence-electron chi connectivity index (χ2n) is 5.89. The zero-order valence-corrected chi connectivity index (χ0v) is 17.4. The van der Waals surface area contributed by atoms with Gasteiger partial charge in [0.05, 0.1) is 15.8 Å². The Kier molecular flexibility index (Phi) is 6.01. The number of sulfonamides is 1. The molecule has 1 fully saturated rings. The highest BCUT2D eigenvalue weighted by molar-refractivity contribution is 9.11. The van der Waals surface area contributed by atoms with Crippen molar-refractivity contribution in [3.8, 4) is 5.75 Å². The van der Waals surface area contributed by atoms with Crippen LogP contribution in [0.25, 0.3) is 0 Å². The number of carbonyl (C=O) groups is 1. The molecule has 0 bridgehead atoms. The van der Waals surface area contributed by atoms with Crippen molar-refractivity contribution in [2.75, 3.05) is 25.5 Å². The van der Waals surface area contributed by atoms with Gasteiger partial charge in [-0.05, 0) is 59.1 Å². The summed E-state index contributed by atoms with van der Waals surface area (Å²) in [5, 5.41) is 2.75. The summed E-state index contributed by atoms with van der Waals surface area (Å²) in [4.78, 5) is 12.9. The molecule has 1 aromatic carbocycles. The van der Waals surface area contributed by atoms with Crippen molar-refractivity contribution in [3.63, 3.8) is 0 Å². The monoisotopic (exact) mass is 458 g/mol. The molecule has 1 aliphatic heterocycles. The third kappa shape index (κ3) is 4.11. The van der Waals surface area contributed by atoms with Crippen LogP contribution in [0.15, 0.2) is 39.0 Å². The van der Waals surface area contributed by atoms with E-state index in [-0.39, 0.29) is 16.6 Å². The molecule has 140 valence electrons. The second kappa shape index (κ2) is 8.08. The average molecular weight is 459 g/mol.